The summed E-state index contributed by atoms with van der Waals surface area (Å²) >= 11 is 0. The van der Waals surface area contributed by atoms with Crippen molar-refractivity contribution in [2.45, 2.75) is 13.8 Å². The van der Waals surface area contributed by atoms with Crippen molar-refractivity contribution in [2.75, 3.05) is 13.2 Å². The number of fused-ring (bicyclic) bond motifs is 1. The SMILES string of the molecule is CC(C)COC/C=C/c1cnc2ccccc2c1. The molecular weight excluding hydrogens is 222 g/mol. The number of hydrogen-bond donors (Lipinski definition) is 0. The molecule has 0 bridgehead atoms. The first-order valence-corrected chi connectivity index (χ1v) is 6.35. The van der Waals surface area contributed by atoms with Gasteiger partial charge in [0.2, 0.25) is 0 Å². The van der Waals surface area contributed by atoms with Gasteiger partial charge in [-0.1, -0.05) is 44.2 Å². The molecular formula is C16H19NO. The Kier molecular flexibility index (Phi) is 4.48. The van der Waals surface area contributed by atoms with E-state index in [4.69, 9.17) is 4.74 Å². The Morgan fingerprint density at radius 3 is 2.94 bits per heavy atom. The van der Waals surface area contributed by atoms with Crippen molar-refractivity contribution in [1.82, 2.24) is 4.98 Å². The van der Waals surface area contributed by atoms with Crippen LogP contribution < -0.4 is 0 Å². The number of aromatic nitrogens is 1. The highest BCUT2D eigenvalue weighted by Gasteiger charge is 1.94. The molecule has 0 aliphatic heterocycles. The first-order valence-electron chi connectivity index (χ1n) is 6.35. The first kappa shape index (κ1) is 12.8. The van der Waals surface area contributed by atoms with Gasteiger partial charge in [-0.15, -0.1) is 0 Å². The van der Waals surface area contributed by atoms with Gasteiger partial charge in [-0.3, -0.25) is 4.98 Å². The van der Waals surface area contributed by atoms with Gasteiger partial charge in [-0.2, -0.15) is 0 Å². The quantitative estimate of drug-likeness (QED) is 0.740. The second kappa shape index (κ2) is 6.31. The molecule has 2 heteroatoms. The maximum absolute atomic E-state index is 5.50. The summed E-state index contributed by atoms with van der Waals surface area (Å²) in [5.41, 5.74) is 2.15. The summed E-state index contributed by atoms with van der Waals surface area (Å²) < 4.78 is 5.50. The molecule has 2 nitrogen and oxygen atoms in total. The van der Waals surface area contributed by atoms with Crippen LogP contribution in [0.3, 0.4) is 0 Å². The predicted octanol–water partition coefficient (Wildman–Crippen LogP) is 3.92. The van der Waals surface area contributed by atoms with Crippen molar-refractivity contribution in [3.8, 4) is 0 Å². The third-order valence-electron chi connectivity index (χ3n) is 2.59. The van der Waals surface area contributed by atoms with Crippen molar-refractivity contribution in [3.05, 3.63) is 48.2 Å². The van der Waals surface area contributed by atoms with Crippen molar-refractivity contribution in [3.63, 3.8) is 0 Å². The fraction of sp³-hybridized carbons (Fsp3) is 0.312. The molecule has 2 rings (SSSR count). The van der Waals surface area contributed by atoms with E-state index < -0.39 is 0 Å². The third kappa shape index (κ3) is 3.67. The highest BCUT2D eigenvalue weighted by atomic mass is 16.5. The molecule has 0 atom stereocenters. The molecule has 94 valence electrons. The van der Waals surface area contributed by atoms with E-state index in [0.29, 0.717) is 12.5 Å². The number of pyridine rings is 1. The molecule has 0 saturated carbocycles. The second-order valence-electron chi connectivity index (χ2n) is 4.80. The summed E-state index contributed by atoms with van der Waals surface area (Å²) in [5, 5.41) is 1.17. The summed E-state index contributed by atoms with van der Waals surface area (Å²) in [6.07, 6.45) is 5.98. The first-order chi connectivity index (χ1) is 8.75. The largest absolute Gasteiger partial charge is 0.377 e. The van der Waals surface area contributed by atoms with E-state index in [1.165, 1.54) is 5.39 Å². The minimum Gasteiger partial charge on any atom is -0.377 e. The molecule has 0 saturated heterocycles. The predicted molar refractivity (Wildman–Crippen MR) is 76.4 cm³/mol. The van der Waals surface area contributed by atoms with Crippen LogP contribution in [0, 0.1) is 5.92 Å². The van der Waals surface area contributed by atoms with Crippen LogP contribution in [0.25, 0.3) is 17.0 Å². The number of para-hydroxylation sites is 1. The van der Waals surface area contributed by atoms with Gasteiger partial charge in [0, 0.05) is 18.2 Å². The summed E-state index contributed by atoms with van der Waals surface area (Å²) in [6, 6.07) is 10.3. The van der Waals surface area contributed by atoms with Gasteiger partial charge in [-0.05, 0) is 23.6 Å². The Balaban J connectivity index is 1.97. The van der Waals surface area contributed by atoms with Crippen molar-refractivity contribution in [1.29, 1.82) is 0 Å². The van der Waals surface area contributed by atoms with E-state index >= 15 is 0 Å². The fourth-order valence-corrected chi connectivity index (χ4v) is 1.74. The molecule has 0 amide bonds. The Morgan fingerprint density at radius 2 is 2.11 bits per heavy atom. The van der Waals surface area contributed by atoms with Crippen molar-refractivity contribution < 1.29 is 4.74 Å². The lowest BCUT2D eigenvalue weighted by molar-refractivity contribution is 0.135. The average Bonchev–Trinajstić information content (AvgIpc) is 2.38. The van der Waals surface area contributed by atoms with Gasteiger partial charge in [0.25, 0.3) is 0 Å². The van der Waals surface area contributed by atoms with Crippen LogP contribution in [0.4, 0.5) is 0 Å². The van der Waals surface area contributed by atoms with Gasteiger partial charge >= 0.3 is 0 Å². The molecule has 1 heterocycles. The molecule has 18 heavy (non-hydrogen) atoms. The lowest BCUT2D eigenvalue weighted by Gasteiger charge is -2.03. The average molecular weight is 241 g/mol. The number of ether oxygens (including phenoxy) is 1. The van der Waals surface area contributed by atoms with Gasteiger partial charge in [0.05, 0.1) is 12.1 Å². The molecule has 0 N–H and O–H groups in total. The molecule has 0 fully saturated rings. The number of rotatable bonds is 5. The van der Waals surface area contributed by atoms with Crippen LogP contribution in [0.15, 0.2) is 42.6 Å². The maximum atomic E-state index is 5.50. The standard InChI is InChI=1S/C16H19NO/c1-13(2)12-18-9-5-6-14-10-15-7-3-4-8-16(15)17-11-14/h3-8,10-11,13H,9,12H2,1-2H3/b6-5+. The molecule has 0 aliphatic carbocycles. The Labute approximate surface area is 108 Å². The fourth-order valence-electron chi connectivity index (χ4n) is 1.74. The van der Waals surface area contributed by atoms with E-state index in [-0.39, 0.29) is 0 Å². The normalized spacial score (nSPS) is 11.7. The summed E-state index contributed by atoms with van der Waals surface area (Å²) in [6.45, 7) is 5.76. The van der Waals surface area contributed by atoms with Crippen LogP contribution in [-0.4, -0.2) is 18.2 Å². The van der Waals surface area contributed by atoms with E-state index in [2.05, 4.69) is 37.0 Å². The number of benzene rings is 1. The van der Waals surface area contributed by atoms with Crippen LogP contribution in [0.5, 0.6) is 0 Å². The van der Waals surface area contributed by atoms with E-state index in [0.717, 1.165) is 17.7 Å². The van der Waals surface area contributed by atoms with Gasteiger partial charge in [0.1, 0.15) is 0 Å². The van der Waals surface area contributed by atoms with Gasteiger partial charge in [0.15, 0.2) is 0 Å². The summed E-state index contributed by atoms with van der Waals surface area (Å²) in [5.74, 6) is 0.584. The molecule has 0 aliphatic rings. The molecule has 2 aromatic rings. The maximum Gasteiger partial charge on any atom is 0.0702 e. The molecule has 0 radical (unpaired) electrons. The zero-order chi connectivity index (χ0) is 12.8. The Bertz CT molecular complexity index is 531. The number of nitrogens with zero attached hydrogens (tertiary/aromatic N) is 1. The van der Waals surface area contributed by atoms with Crippen LogP contribution in [0.2, 0.25) is 0 Å². The van der Waals surface area contributed by atoms with Crippen molar-refractivity contribution >= 4 is 17.0 Å². The third-order valence-corrected chi connectivity index (χ3v) is 2.59. The Morgan fingerprint density at radius 1 is 1.28 bits per heavy atom. The van der Waals surface area contributed by atoms with E-state index in [1.807, 2.05) is 30.5 Å². The van der Waals surface area contributed by atoms with Crippen LogP contribution >= 0.6 is 0 Å². The summed E-state index contributed by atoms with van der Waals surface area (Å²) in [4.78, 5) is 4.42. The Hall–Kier alpha value is -1.67. The highest BCUT2D eigenvalue weighted by molar-refractivity contribution is 5.80. The lowest BCUT2D eigenvalue weighted by atomic mass is 10.1. The topological polar surface area (TPSA) is 22.1 Å². The molecule has 0 unspecified atom stereocenters. The van der Waals surface area contributed by atoms with Crippen molar-refractivity contribution in [2.24, 2.45) is 5.92 Å². The van der Waals surface area contributed by atoms with Gasteiger partial charge in [-0.25, -0.2) is 0 Å². The van der Waals surface area contributed by atoms with Crippen LogP contribution in [0.1, 0.15) is 19.4 Å². The molecule has 1 aromatic heterocycles. The highest BCUT2D eigenvalue weighted by Crippen LogP contribution is 2.13. The van der Waals surface area contributed by atoms with Gasteiger partial charge < -0.3 is 4.74 Å². The number of hydrogen-bond acceptors (Lipinski definition) is 2. The minimum absolute atomic E-state index is 0.584. The molecule has 0 spiro atoms. The monoisotopic (exact) mass is 241 g/mol. The zero-order valence-corrected chi connectivity index (χ0v) is 11.0. The zero-order valence-electron chi connectivity index (χ0n) is 11.0. The smallest absolute Gasteiger partial charge is 0.0702 e. The summed E-state index contributed by atoms with van der Waals surface area (Å²) in [7, 11) is 0. The molecule has 1 aromatic carbocycles. The van der Waals surface area contributed by atoms with E-state index in [1.54, 1.807) is 0 Å². The minimum atomic E-state index is 0.584. The van der Waals surface area contributed by atoms with E-state index in [9.17, 15) is 0 Å². The lowest BCUT2D eigenvalue weighted by Crippen LogP contribution is -2.01. The second-order valence-corrected chi connectivity index (χ2v) is 4.80. The van der Waals surface area contributed by atoms with Crippen LogP contribution in [-0.2, 0) is 4.74 Å².